The number of rotatable bonds is 4. The lowest BCUT2D eigenvalue weighted by atomic mass is 9.98. The average Bonchev–Trinajstić information content (AvgIpc) is 2.27. The van der Waals surface area contributed by atoms with Gasteiger partial charge in [0, 0.05) is 24.7 Å². The molecule has 0 aromatic heterocycles. The Kier molecular flexibility index (Phi) is 5.31. The quantitative estimate of drug-likeness (QED) is 0.645. The molecule has 1 aliphatic heterocycles. The molecule has 0 aromatic rings. The Morgan fingerprint density at radius 3 is 2.26 bits per heavy atom. The molecule has 0 radical (unpaired) electrons. The minimum atomic E-state index is -0.835. The zero-order chi connectivity index (χ0) is 14.6. The summed E-state index contributed by atoms with van der Waals surface area (Å²) in [6, 6.07) is -0.692. The molecule has 0 aromatic carbocycles. The first-order chi connectivity index (χ1) is 8.70. The zero-order valence-corrected chi connectivity index (χ0v) is 12.1. The molecule has 0 bridgehead atoms. The molecule has 1 aliphatic rings. The number of likely N-dealkylation sites (tertiary alicyclic amines) is 1. The van der Waals surface area contributed by atoms with Gasteiger partial charge in [0.25, 0.3) is 0 Å². The fourth-order valence-electron chi connectivity index (χ4n) is 2.31. The van der Waals surface area contributed by atoms with E-state index in [2.05, 4.69) is 31.0 Å². The molecular weight excluding hydrogens is 244 g/mol. The maximum Gasteiger partial charge on any atom is 0.237 e. The third kappa shape index (κ3) is 5.16. The van der Waals surface area contributed by atoms with Gasteiger partial charge >= 0.3 is 0 Å². The van der Waals surface area contributed by atoms with Crippen molar-refractivity contribution in [3.8, 4) is 0 Å². The summed E-state index contributed by atoms with van der Waals surface area (Å²) in [5.41, 5.74) is 10.8. The van der Waals surface area contributed by atoms with Crippen molar-refractivity contribution in [2.45, 2.75) is 57.7 Å². The SMILES string of the molecule is CC(C)(C)N1CCC(NC(=O)C(N)CC(N)=O)CC1. The summed E-state index contributed by atoms with van der Waals surface area (Å²) in [4.78, 5) is 24.9. The van der Waals surface area contributed by atoms with Gasteiger partial charge in [-0.05, 0) is 33.6 Å². The molecule has 6 heteroatoms. The minimum absolute atomic E-state index is 0.104. The van der Waals surface area contributed by atoms with Gasteiger partial charge in [-0.25, -0.2) is 0 Å². The fourth-order valence-corrected chi connectivity index (χ4v) is 2.31. The second-order valence-corrected chi connectivity index (χ2v) is 6.22. The monoisotopic (exact) mass is 270 g/mol. The minimum Gasteiger partial charge on any atom is -0.370 e. The maximum absolute atomic E-state index is 11.8. The smallest absolute Gasteiger partial charge is 0.237 e. The number of carbonyl (C=O) groups excluding carboxylic acids is 2. The molecule has 2 amide bonds. The Morgan fingerprint density at radius 2 is 1.84 bits per heavy atom. The van der Waals surface area contributed by atoms with Crippen molar-refractivity contribution in [3.05, 3.63) is 0 Å². The van der Waals surface area contributed by atoms with Crippen LogP contribution in [0.1, 0.15) is 40.0 Å². The van der Waals surface area contributed by atoms with Crippen LogP contribution in [0, 0.1) is 0 Å². The molecule has 5 N–H and O–H groups in total. The van der Waals surface area contributed by atoms with Gasteiger partial charge in [0.1, 0.15) is 0 Å². The zero-order valence-electron chi connectivity index (χ0n) is 12.1. The summed E-state index contributed by atoms with van der Waals surface area (Å²) in [5, 5.41) is 2.90. The molecule has 1 unspecified atom stereocenters. The van der Waals surface area contributed by atoms with Crippen LogP contribution in [0.4, 0.5) is 0 Å². The molecule has 1 fully saturated rings. The number of hydrogen-bond acceptors (Lipinski definition) is 4. The Labute approximate surface area is 114 Å². The number of primary amides is 1. The molecule has 1 atom stereocenters. The van der Waals surface area contributed by atoms with E-state index in [9.17, 15) is 9.59 Å². The molecule has 1 rings (SSSR count). The van der Waals surface area contributed by atoms with Crippen LogP contribution in [0.15, 0.2) is 0 Å². The van der Waals surface area contributed by atoms with Crippen molar-refractivity contribution in [2.75, 3.05) is 13.1 Å². The van der Waals surface area contributed by atoms with Crippen molar-refractivity contribution in [1.82, 2.24) is 10.2 Å². The van der Waals surface area contributed by atoms with E-state index in [1.807, 2.05) is 0 Å². The van der Waals surface area contributed by atoms with E-state index in [4.69, 9.17) is 11.5 Å². The first-order valence-electron chi connectivity index (χ1n) is 6.79. The molecule has 110 valence electrons. The van der Waals surface area contributed by atoms with Crippen LogP contribution < -0.4 is 16.8 Å². The first kappa shape index (κ1) is 15.9. The second-order valence-electron chi connectivity index (χ2n) is 6.22. The summed E-state index contributed by atoms with van der Waals surface area (Å²) in [5.74, 6) is -0.835. The lowest BCUT2D eigenvalue weighted by molar-refractivity contribution is -0.127. The lowest BCUT2D eigenvalue weighted by Crippen LogP contribution is -2.53. The predicted molar refractivity (Wildman–Crippen MR) is 74.3 cm³/mol. The normalized spacial score (nSPS) is 20.0. The summed E-state index contributed by atoms with van der Waals surface area (Å²) >= 11 is 0. The highest BCUT2D eigenvalue weighted by atomic mass is 16.2. The number of hydrogen-bond donors (Lipinski definition) is 3. The molecule has 0 spiro atoms. The van der Waals surface area contributed by atoms with Crippen molar-refractivity contribution in [2.24, 2.45) is 11.5 Å². The van der Waals surface area contributed by atoms with Gasteiger partial charge in [-0.15, -0.1) is 0 Å². The van der Waals surface area contributed by atoms with Crippen molar-refractivity contribution < 1.29 is 9.59 Å². The molecule has 1 heterocycles. The van der Waals surface area contributed by atoms with Crippen LogP contribution >= 0.6 is 0 Å². The topological polar surface area (TPSA) is 101 Å². The second kappa shape index (κ2) is 6.34. The first-order valence-corrected chi connectivity index (χ1v) is 6.79. The molecule has 6 nitrogen and oxygen atoms in total. The molecule has 19 heavy (non-hydrogen) atoms. The molecule has 0 aliphatic carbocycles. The van der Waals surface area contributed by atoms with Gasteiger partial charge < -0.3 is 16.8 Å². The van der Waals surface area contributed by atoms with E-state index in [0.717, 1.165) is 25.9 Å². The highest BCUT2D eigenvalue weighted by molar-refractivity contribution is 5.87. The van der Waals surface area contributed by atoms with E-state index >= 15 is 0 Å². The Hall–Kier alpha value is -1.14. The van der Waals surface area contributed by atoms with Gasteiger partial charge in [-0.2, -0.15) is 0 Å². The van der Waals surface area contributed by atoms with Crippen LogP contribution in [-0.2, 0) is 9.59 Å². The number of carbonyl (C=O) groups is 2. The van der Waals surface area contributed by atoms with Crippen LogP contribution in [0.3, 0.4) is 0 Å². The number of nitrogens with one attached hydrogen (secondary N) is 1. The van der Waals surface area contributed by atoms with Crippen molar-refractivity contribution >= 4 is 11.8 Å². The highest BCUT2D eigenvalue weighted by Crippen LogP contribution is 2.20. The van der Waals surface area contributed by atoms with E-state index in [0.29, 0.717) is 0 Å². The number of piperidine rings is 1. The van der Waals surface area contributed by atoms with Crippen molar-refractivity contribution in [1.29, 1.82) is 0 Å². The van der Waals surface area contributed by atoms with Gasteiger partial charge in [-0.1, -0.05) is 0 Å². The summed E-state index contributed by atoms with van der Waals surface area (Å²) in [6.45, 7) is 8.48. The van der Waals surface area contributed by atoms with Crippen LogP contribution in [-0.4, -0.2) is 47.4 Å². The van der Waals surface area contributed by atoms with E-state index in [1.54, 1.807) is 0 Å². The lowest BCUT2D eigenvalue weighted by Gasteiger charge is -2.41. The number of nitrogens with two attached hydrogens (primary N) is 2. The third-order valence-corrected chi connectivity index (χ3v) is 3.55. The Bertz CT molecular complexity index is 330. The van der Waals surface area contributed by atoms with Crippen molar-refractivity contribution in [3.63, 3.8) is 0 Å². The summed E-state index contributed by atoms with van der Waals surface area (Å²) < 4.78 is 0. The standard InChI is InChI=1S/C13H26N4O2/c1-13(2,3)17-6-4-9(5-7-17)16-12(19)10(14)8-11(15)18/h9-10H,4-8,14H2,1-3H3,(H2,15,18)(H,16,19). The van der Waals surface area contributed by atoms with Crippen LogP contribution in [0.2, 0.25) is 0 Å². The van der Waals surface area contributed by atoms with E-state index in [1.165, 1.54) is 0 Å². The van der Waals surface area contributed by atoms with Gasteiger partial charge in [-0.3, -0.25) is 14.5 Å². The number of nitrogens with zero attached hydrogens (tertiary/aromatic N) is 1. The molecular formula is C13H26N4O2. The maximum atomic E-state index is 11.8. The number of amides is 2. The highest BCUT2D eigenvalue weighted by Gasteiger charge is 2.28. The summed E-state index contributed by atoms with van der Waals surface area (Å²) in [7, 11) is 0. The Balaban J connectivity index is 2.37. The Morgan fingerprint density at radius 1 is 1.32 bits per heavy atom. The largest absolute Gasteiger partial charge is 0.370 e. The third-order valence-electron chi connectivity index (χ3n) is 3.55. The van der Waals surface area contributed by atoms with Gasteiger partial charge in [0.05, 0.1) is 12.5 Å². The van der Waals surface area contributed by atoms with Gasteiger partial charge in [0.2, 0.25) is 11.8 Å². The molecule has 0 saturated carbocycles. The van der Waals surface area contributed by atoms with Crippen LogP contribution in [0.5, 0.6) is 0 Å². The van der Waals surface area contributed by atoms with E-state index in [-0.39, 0.29) is 23.9 Å². The van der Waals surface area contributed by atoms with E-state index < -0.39 is 11.9 Å². The average molecular weight is 270 g/mol. The summed E-state index contributed by atoms with van der Waals surface area (Å²) in [6.07, 6.45) is 1.71. The molecule has 1 saturated heterocycles. The predicted octanol–water partition coefficient (Wildman–Crippen LogP) is -0.432. The van der Waals surface area contributed by atoms with Crippen LogP contribution in [0.25, 0.3) is 0 Å². The van der Waals surface area contributed by atoms with Gasteiger partial charge in [0.15, 0.2) is 0 Å². The fraction of sp³-hybridized carbons (Fsp3) is 0.846.